The predicted octanol–water partition coefficient (Wildman–Crippen LogP) is 9.32. The molecular formula is C40H56N6O2. The molecule has 0 fully saturated rings. The van der Waals surface area contributed by atoms with Crippen LogP contribution < -0.4 is 0 Å². The monoisotopic (exact) mass is 652 g/mol. The van der Waals surface area contributed by atoms with Gasteiger partial charge in [0.2, 0.25) is 11.8 Å². The number of aromatic amines is 2. The van der Waals surface area contributed by atoms with Gasteiger partial charge in [-0.2, -0.15) is 0 Å². The van der Waals surface area contributed by atoms with Crippen molar-refractivity contribution in [1.82, 2.24) is 29.7 Å². The van der Waals surface area contributed by atoms with E-state index in [4.69, 9.17) is 9.97 Å². The molecule has 0 aliphatic rings. The largest absolute Gasteiger partial charge is 0.340 e. The van der Waals surface area contributed by atoms with E-state index in [-0.39, 0.29) is 34.7 Å². The first-order valence-electron chi connectivity index (χ1n) is 16.9. The van der Waals surface area contributed by atoms with Crippen molar-refractivity contribution in [3.8, 4) is 33.6 Å². The van der Waals surface area contributed by atoms with Crippen LogP contribution in [0.5, 0.6) is 0 Å². The highest BCUT2D eigenvalue weighted by atomic mass is 16.2. The molecule has 0 aliphatic heterocycles. The summed E-state index contributed by atoms with van der Waals surface area (Å²) in [5.41, 5.74) is 4.70. The summed E-state index contributed by atoms with van der Waals surface area (Å²) in [6, 6.07) is 16.5. The molecular weight excluding hydrogens is 596 g/mol. The first kappa shape index (κ1) is 36.6. The number of rotatable bonds is 7. The molecule has 48 heavy (non-hydrogen) atoms. The summed E-state index contributed by atoms with van der Waals surface area (Å²) in [4.78, 5) is 46.5. The van der Waals surface area contributed by atoms with E-state index in [1.807, 2.05) is 77.8 Å². The number of amides is 2. The van der Waals surface area contributed by atoms with Crippen LogP contribution in [0.15, 0.2) is 60.9 Å². The summed E-state index contributed by atoms with van der Waals surface area (Å²) in [5.74, 6) is 1.72. The summed E-state index contributed by atoms with van der Waals surface area (Å²) in [6.45, 7) is 24.5. The zero-order valence-corrected chi connectivity index (χ0v) is 31.5. The van der Waals surface area contributed by atoms with Crippen molar-refractivity contribution in [2.45, 2.75) is 95.2 Å². The van der Waals surface area contributed by atoms with Gasteiger partial charge in [0, 0.05) is 24.9 Å². The second-order valence-corrected chi connectivity index (χ2v) is 17.4. The topological polar surface area (TPSA) is 98.0 Å². The molecule has 0 radical (unpaired) electrons. The first-order valence-corrected chi connectivity index (χ1v) is 16.9. The lowest BCUT2D eigenvalue weighted by Gasteiger charge is -2.39. The lowest BCUT2D eigenvalue weighted by atomic mass is 9.83. The van der Waals surface area contributed by atoms with Crippen LogP contribution in [0, 0.1) is 21.7 Å². The maximum atomic E-state index is 13.2. The van der Waals surface area contributed by atoms with Crippen LogP contribution in [0.1, 0.15) is 107 Å². The molecule has 0 saturated carbocycles. The van der Waals surface area contributed by atoms with Crippen LogP contribution in [-0.4, -0.2) is 55.6 Å². The van der Waals surface area contributed by atoms with E-state index < -0.39 is 10.8 Å². The summed E-state index contributed by atoms with van der Waals surface area (Å²) < 4.78 is 0. The quantitative estimate of drug-likeness (QED) is 0.208. The van der Waals surface area contributed by atoms with Crippen molar-refractivity contribution in [1.29, 1.82) is 0 Å². The lowest BCUT2D eigenvalue weighted by molar-refractivity contribution is -0.143. The van der Waals surface area contributed by atoms with Gasteiger partial charge >= 0.3 is 0 Å². The zero-order chi connectivity index (χ0) is 36.0. The number of hydrogen-bond acceptors (Lipinski definition) is 4. The third-order valence-corrected chi connectivity index (χ3v) is 8.77. The molecule has 258 valence electrons. The van der Waals surface area contributed by atoms with E-state index in [9.17, 15) is 9.59 Å². The van der Waals surface area contributed by atoms with Crippen molar-refractivity contribution < 1.29 is 9.59 Å². The number of benzene rings is 2. The fourth-order valence-corrected chi connectivity index (χ4v) is 6.57. The standard InChI is InChI=1S/C40H56N6O2/c1-37(2,3)31(45(13)35(47)39(7,8)9)33-41-23-29(43-33)27-19-15-25(16-20-27)26-17-21-28(22-18-26)30-24-42-34(44-30)32(38(4,5)6)46(14)36(48)40(10,11)12/h15-24,31-32H,1-14H3,(H,41,43)(H,42,44)/t31-,32-/m1/s1. The van der Waals surface area contributed by atoms with Crippen molar-refractivity contribution in [3.05, 3.63) is 72.6 Å². The third-order valence-electron chi connectivity index (χ3n) is 8.77. The Morgan fingerprint density at radius 1 is 0.521 bits per heavy atom. The van der Waals surface area contributed by atoms with Crippen LogP contribution in [0.4, 0.5) is 0 Å². The Kier molecular flexibility index (Phi) is 9.93. The third kappa shape index (κ3) is 7.91. The summed E-state index contributed by atoms with van der Waals surface area (Å²) >= 11 is 0. The molecule has 4 aromatic rings. The molecule has 2 heterocycles. The minimum absolute atomic E-state index is 0.0815. The molecule has 0 bridgehead atoms. The van der Waals surface area contributed by atoms with Gasteiger partial charge in [0.15, 0.2) is 0 Å². The molecule has 2 N–H and O–H groups in total. The zero-order valence-electron chi connectivity index (χ0n) is 31.5. The maximum Gasteiger partial charge on any atom is 0.228 e. The fraction of sp³-hybridized carbons (Fsp3) is 0.500. The van der Waals surface area contributed by atoms with Crippen LogP contribution in [-0.2, 0) is 9.59 Å². The summed E-state index contributed by atoms with van der Waals surface area (Å²) in [7, 11) is 3.74. The Morgan fingerprint density at radius 2 is 0.792 bits per heavy atom. The highest BCUT2D eigenvalue weighted by molar-refractivity contribution is 5.82. The number of imidazole rings is 2. The van der Waals surface area contributed by atoms with E-state index in [1.54, 1.807) is 0 Å². The van der Waals surface area contributed by atoms with Crippen molar-refractivity contribution in [3.63, 3.8) is 0 Å². The molecule has 0 unspecified atom stereocenters. The minimum Gasteiger partial charge on any atom is -0.340 e. The van der Waals surface area contributed by atoms with Crippen molar-refractivity contribution in [2.75, 3.05) is 14.1 Å². The highest BCUT2D eigenvalue weighted by Gasteiger charge is 2.39. The Balaban J connectivity index is 1.53. The molecule has 8 nitrogen and oxygen atoms in total. The second-order valence-electron chi connectivity index (χ2n) is 17.4. The average molecular weight is 653 g/mol. The van der Waals surface area contributed by atoms with Gasteiger partial charge in [-0.15, -0.1) is 0 Å². The Hall–Kier alpha value is -4.20. The van der Waals surface area contributed by atoms with Crippen molar-refractivity contribution in [2.24, 2.45) is 21.7 Å². The van der Waals surface area contributed by atoms with Gasteiger partial charge in [-0.25, -0.2) is 9.97 Å². The van der Waals surface area contributed by atoms with Crippen LogP contribution >= 0.6 is 0 Å². The Labute approximate surface area is 287 Å². The number of nitrogens with zero attached hydrogens (tertiary/aromatic N) is 4. The molecule has 0 aliphatic carbocycles. The summed E-state index contributed by atoms with van der Waals surface area (Å²) in [5, 5.41) is 0. The molecule has 0 saturated heterocycles. The normalized spacial score (nSPS) is 14.0. The number of nitrogens with one attached hydrogen (secondary N) is 2. The number of aromatic nitrogens is 4. The smallest absolute Gasteiger partial charge is 0.228 e. The van der Waals surface area contributed by atoms with E-state index in [0.29, 0.717) is 0 Å². The Morgan fingerprint density at radius 3 is 1.04 bits per heavy atom. The number of hydrogen-bond donors (Lipinski definition) is 2. The maximum absolute atomic E-state index is 13.2. The van der Waals surface area contributed by atoms with Gasteiger partial charge in [0.05, 0.1) is 35.9 Å². The Bertz CT molecular complexity index is 1590. The molecule has 4 rings (SSSR count). The van der Waals surface area contributed by atoms with Gasteiger partial charge in [0.25, 0.3) is 0 Å². The van der Waals surface area contributed by atoms with Crippen LogP contribution in [0.25, 0.3) is 33.6 Å². The highest BCUT2D eigenvalue weighted by Crippen LogP contribution is 2.40. The molecule has 0 spiro atoms. The van der Waals surface area contributed by atoms with Gasteiger partial charge in [-0.1, -0.05) is 132 Å². The van der Waals surface area contributed by atoms with Gasteiger partial charge < -0.3 is 19.8 Å². The predicted molar refractivity (Wildman–Crippen MR) is 196 cm³/mol. The number of H-pyrrole nitrogens is 2. The second kappa shape index (κ2) is 13.0. The van der Waals surface area contributed by atoms with Gasteiger partial charge in [-0.3, -0.25) is 9.59 Å². The molecule has 8 heteroatoms. The van der Waals surface area contributed by atoms with Gasteiger partial charge in [-0.05, 0) is 33.1 Å². The minimum atomic E-state index is -0.483. The number of carbonyl (C=O) groups is 2. The van der Waals surface area contributed by atoms with Crippen LogP contribution in [0.2, 0.25) is 0 Å². The molecule has 2 aromatic heterocycles. The van der Waals surface area contributed by atoms with Crippen LogP contribution in [0.3, 0.4) is 0 Å². The van der Waals surface area contributed by atoms with E-state index >= 15 is 0 Å². The van der Waals surface area contributed by atoms with E-state index in [0.717, 1.165) is 45.3 Å². The number of carbonyl (C=O) groups excluding carboxylic acids is 2. The molecule has 2 amide bonds. The van der Waals surface area contributed by atoms with Gasteiger partial charge in [0.1, 0.15) is 11.6 Å². The first-order chi connectivity index (χ1) is 22.0. The SMILES string of the molecule is CN(C(=O)C(C)(C)C)[C@H](c1ncc(-c2ccc(-c3ccc(-c4cnc([C@@H](N(C)C(=O)C(C)(C)C)C(C)(C)C)[nH]4)cc3)cc2)[nH]1)C(C)(C)C. The molecule has 2 atom stereocenters. The lowest BCUT2D eigenvalue weighted by Crippen LogP contribution is -2.44. The molecule has 2 aromatic carbocycles. The van der Waals surface area contributed by atoms with Crippen molar-refractivity contribution >= 4 is 11.8 Å². The average Bonchev–Trinajstić information content (AvgIpc) is 3.65. The summed E-state index contributed by atoms with van der Waals surface area (Å²) in [6.07, 6.45) is 3.71. The van der Waals surface area contributed by atoms with E-state index in [1.165, 1.54) is 0 Å². The van der Waals surface area contributed by atoms with E-state index in [2.05, 4.69) is 100 Å². The fourth-order valence-electron chi connectivity index (χ4n) is 6.57.